The molecule has 0 saturated heterocycles. The molecule has 0 spiro atoms. The van der Waals surface area contributed by atoms with Crippen LogP contribution < -0.4 is 9.64 Å². The van der Waals surface area contributed by atoms with E-state index in [2.05, 4.69) is 27.5 Å². The third kappa shape index (κ3) is 3.37. The lowest BCUT2D eigenvalue weighted by Crippen LogP contribution is -2.47. The third-order valence-corrected chi connectivity index (χ3v) is 6.39. The summed E-state index contributed by atoms with van der Waals surface area (Å²) in [4.78, 5) is 2.00. The monoisotopic (exact) mass is 405 g/mol. The fourth-order valence-corrected chi connectivity index (χ4v) is 5.01. The summed E-state index contributed by atoms with van der Waals surface area (Å²) < 4.78 is 31.6. The molecule has 0 fully saturated rings. The molecular formula is C21H23F2N2O2S+. The van der Waals surface area contributed by atoms with E-state index in [1.54, 1.807) is 23.9 Å². The lowest BCUT2D eigenvalue weighted by atomic mass is 9.99. The van der Waals surface area contributed by atoms with Crippen molar-refractivity contribution in [3.63, 3.8) is 0 Å². The van der Waals surface area contributed by atoms with Gasteiger partial charge in [-0.05, 0) is 73.5 Å². The average Bonchev–Trinajstić information content (AvgIpc) is 2.97. The lowest BCUT2D eigenvalue weighted by molar-refractivity contribution is -0.532. The van der Waals surface area contributed by atoms with Gasteiger partial charge < -0.3 is 9.84 Å². The average molecular weight is 405 g/mol. The van der Waals surface area contributed by atoms with Crippen molar-refractivity contribution in [1.29, 1.82) is 0 Å². The highest BCUT2D eigenvalue weighted by Crippen LogP contribution is 2.41. The van der Waals surface area contributed by atoms with Crippen molar-refractivity contribution >= 4 is 22.6 Å². The number of anilines is 1. The Bertz CT molecular complexity index is 917. The molecule has 0 bridgehead atoms. The van der Waals surface area contributed by atoms with E-state index < -0.39 is 12.3 Å². The molecule has 0 amide bonds. The molecule has 1 N–H and O–H groups in total. The van der Waals surface area contributed by atoms with Crippen LogP contribution in [0.3, 0.4) is 0 Å². The van der Waals surface area contributed by atoms with E-state index in [1.807, 2.05) is 18.7 Å². The molecular weight excluding hydrogens is 382 g/mol. The van der Waals surface area contributed by atoms with E-state index in [0.717, 1.165) is 40.7 Å². The van der Waals surface area contributed by atoms with E-state index in [4.69, 9.17) is 0 Å². The number of aliphatic hydroxyl groups is 1. The Morgan fingerprint density at radius 3 is 2.64 bits per heavy atom. The van der Waals surface area contributed by atoms with Crippen molar-refractivity contribution in [2.75, 3.05) is 23.7 Å². The summed E-state index contributed by atoms with van der Waals surface area (Å²) in [5, 5.41) is 12.9. The first-order valence-corrected chi connectivity index (χ1v) is 10.3. The van der Waals surface area contributed by atoms with Gasteiger partial charge in [-0.25, -0.2) is 4.58 Å². The second-order valence-corrected chi connectivity index (χ2v) is 8.31. The Kier molecular flexibility index (Phi) is 5.05. The highest BCUT2D eigenvalue weighted by molar-refractivity contribution is 8.14. The molecule has 4 nitrogen and oxygen atoms in total. The summed E-state index contributed by atoms with van der Waals surface area (Å²) in [6.45, 7) is 2.51. The van der Waals surface area contributed by atoms with Crippen molar-refractivity contribution in [3.05, 3.63) is 59.2 Å². The molecule has 2 aromatic carbocycles. The Balaban J connectivity index is 1.79. The van der Waals surface area contributed by atoms with E-state index in [9.17, 15) is 13.9 Å². The van der Waals surface area contributed by atoms with Gasteiger partial charge in [-0.15, -0.1) is 0 Å². The smallest absolute Gasteiger partial charge is 0.387 e. The van der Waals surface area contributed by atoms with Crippen molar-refractivity contribution in [2.24, 2.45) is 0 Å². The van der Waals surface area contributed by atoms with Crippen LogP contribution in [0.25, 0.3) is 0 Å². The molecule has 2 aromatic rings. The fourth-order valence-electron chi connectivity index (χ4n) is 3.84. The zero-order valence-electron chi connectivity index (χ0n) is 15.9. The van der Waals surface area contributed by atoms with Crippen LogP contribution in [0, 0.1) is 13.8 Å². The molecule has 2 heterocycles. The molecule has 0 aliphatic carbocycles. The van der Waals surface area contributed by atoms with Crippen molar-refractivity contribution in [1.82, 2.24) is 0 Å². The van der Waals surface area contributed by atoms with Crippen LogP contribution in [-0.4, -0.2) is 40.3 Å². The largest absolute Gasteiger partial charge is 0.435 e. The number of halogens is 2. The van der Waals surface area contributed by atoms with Gasteiger partial charge in [-0.2, -0.15) is 13.7 Å². The number of thioether (sulfide) groups is 1. The van der Waals surface area contributed by atoms with Gasteiger partial charge >= 0.3 is 11.8 Å². The Hall–Kier alpha value is -2.12. The van der Waals surface area contributed by atoms with Crippen molar-refractivity contribution in [2.45, 2.75) is 32.6 Å². The molecule has 4 rings (SSSR count). The number of hydrogen-bond acceptors (Lipinski definition) is 4. The topological polar surface area (TPSA) is 35.7 Å². The zero-order valence-corrected chi connectivity index (χ0v) is 16.7. The van der Waals surface area contributed by atoms with Gasteiger partial charge in [0.1, 0.15) is 11.4 Å². The predicted octanol–water partition coefficient (Wildman–Crippen LogP) is 4.08. The number of alkyl halides is 2. The number of hydrogen-bond donors (Lipinski definition) is 1. The first kappa shape index (κ1) is 19.2. The van der Waals surface area contributed by atoms with Crippen LogP contribution in [0.1, 0.15) is 23.1 Å². The van der Waals surface area contributed by atoms with Gasteiger partial charge in [-0.1, -0.05) is 12.1 Å². The maximum absolute atomic E-state index is 12.5. The number of ether oxygens (including phenoxy) is 1. The van der Waals surface area contributed by atoms with Crippen molar-refractivity contribution < 1.29 is 23.2 Å². The molecule has 2 aliphatic rings. The number of aryl methyl sites for hydroxylation is 2. The first-order chi connectivity index (χ1) is 13.4. The van der Waals surface area contributed by atoms with E-state index in [1.165, 1.54) is 12.1 Å². The Morgan fingerprint density at radius 1 is 1.18 bits per heavy atom. The van der Waals surface area contributed by atoms with Crippen LogP contribution >= 0.6 is 11.8 Å². The second-order valence-electron chi connectivity index (χ2n) is 7.25. The highest BCUT2D eigenvalue weighted by atomic mass is 32.2. The van der Waals surface area contributed by atoms with E-state index in [-0.39, 0.29) is 5.75 Å². The van der Waals surface area contributed by atoms with E-state index in [0.29, 0.717) is 12.1 Å². The summed E-state index contributed by atoms with van der Waals surface area (Å²) in [6.07, 6.45) is 1.06. The summed E-state index contributed by atoms with van der Waals surface area (Å²) in [6, 6.07) is 12.5. The second kappa shape index (κ2) is 7.37. The van der Waals surface area contributed by atoms with E-state index >= 15 is 0 Å². The van der Waals surface area contributed by atoms with Gasteiger partial charge in [0.25, 0.3) is 5.72 Å². The minimum Gasteiger partial charge on any atom is -0.435 e. The molecule has 0 saturated carbocycles. The summed E-state index contributed by atoms with van der Waals surface area (Å²) >= 11 is 1.74. The van der Waals surface area contributed by atoms with Crippen molar-refractivity contribution in [3.8, 4) is 5.75 Å². The number of rotatable bonds is 4. The number of amidine groups is 1. The van der Waals surface area contributed by atoms with Crippen LogP contribution in [0.5, 0.6) is 5.75 Å². The molecule has 2 aliphatic heterocycles. The minimum absolute atomic E-state index is 0.0818. The third-order valence-electron chi connectivity index (χ3n) is 5.19. The molecule has 0 aromatic heterocycles. The summed E-state index contributed by atoms with van der Waals surface area (Å²) in [5.74, 6) is 1.09. The normalized spacial score (nSPS) is 22.0. The molecule has 0 radical (unpaired) electrons. The first-order valence-electron chi connectivity index (χ1n) is 9.28. The quantitative estimate of drug-likeness (QED) is 0.778. The molecule has 1 unspecified atom stereocenters. The summed E-state index contributed by atoms with van der Waals surface area (Å²) in [5.41, 5.74) is 2.51. The maximum Gasteiger partial charge on any atom is 0.387 e. The number of nitrogens with zero attached hydrogens (tertiary/aromatic N) is 2. The molecule has 28 heavy (non-hydrogen) atoms. The Labute approximate surface area is 167 Å². The van der Waals surface area contributed by atoms with Gasteiger partial charge in [-0.3, -0.25) is 0 Å². The Morgan fingerprint density at radius 2 is 1.93 bits per heavy atom. The zero-order chi connectivity index (χ0) is 19.9. The SMILES string of the molecule is Cc1ccc(C)c(N2C3=[N+](CCCS3)CC2(O)c2ccc(OC(F)F)cc2)c1. The van der Waals surface area contributed by atoms with Gasteiger partial charge in [0.05, 0.1) is 6.54 Å². The van der Waals surface area contributed by atoms with Gasteiger partial charge in [0, 0.05) is 11.3 Å². The summed E-state index contributed by atoms with van der Waals surface area (Å²) in [7, 11) is 0. The van der Waals surface area contributed by atoms with Gasteiger partial charge in [0.15, 0.2) is 6.54 Å². The number of benzene rings is 2. The lowest BCUT2D eigenvalue weighted by Gasteiger charge is -2.29. The molecule has 1 atom stereocenters. The fraction of sp³-hybridized carbons (Fsp3) is 0.381. The van der Waals surface area contributed by atoms with Crippen LogP contribution in [0.2, 0.25) is 0 Å². The predicted molar refractivity (Wildman–Crippen MR) is 107 cm³/mol. The standard InChI is InChI=1S/C21H23F2N2O2S/c1-14-4-5-15(2)18(12-14)25-20-24(10-3-11-28-20)13-21(25,26)16-6-8-17(9-7-16)27-19(22)23/h4-9,12,19,26H,3,10-11,13H2,1-2H3/q+1. The maximum atomic E-state index is 12.5. The van der Waals surface area contributed by atoms with Crippen LogP contribution in [0.4, 0.5) is 14.5 Å². The van der Waals surface area contributed by atoms with Gasteiger partial charge in [0.2, 0.25) is 0 Å². The molecule has 148 valence electrons. The highest BCUT2D eigenvalue weighted by Gasteiger charge is 2.55. The van der Waals surface area contributed by atoms with Crippen LogP contribution in [0.15, 0.2) is 42.5 Å². The minimum atomic E-state index is -2.87. The molecule has 7 heteroatoms. The van der Waals surface area contributed by atoms with Crippen LogP contribution in [-0.2, 0) is 5.72 Å².